The third-order valence-electron chi connectivity index (χ3n) is 6.75. The number of carbonyl (C=O) groups excluding carboxylic acids is 1. The zero-order valence-corrected chi connectivity index (χ0v) is 20.8. The van der Waals surface area contributed by atoms with Gasteiger partial charge in [0.1, 0.15) is 11.6 Å². The number of nitrogens with zero attached hydrogens (tertiary/aromatic N) is 1. The lowest BCUT2D eigenvalue weighted by molar-refractivity contribution is 0.0939. The van der Waals surface area contributed by atoms with Crippen LogP contribution in [0.4, 0.5) is 8.78 Å². The zero-order valence-electron chi connectivity index (χ0n) is 20.8. The summed E-state index contributed by atoms with van der Waals surface area (Å²) in [6.45, 7) is 9.11. The summed E-state index contributed by atoms with van der Waals surface area (Å²) in [7, 11) is 0. The van der Waals surface area contributed by atoms with Crippen LogP contribution >= 0.6 is 0 Å². The Hall–Kier alpha value is -3.12. The number of aryl methyl sites for hydroxylation is 1. The number of nitrogens with one attached hydrogen (secondary N) is 2. The average molecular weight is 478 g/mol. The van der Waals surface area contributed by atoms with E-state index in [1.54, 1.807) is 30.3 Å². The minimum atomic E-state index is -0.363. The number of amides is 1. The van der Waals surface area contributed by atoms with Crippen LogP contribution in [0.3, 0.4) is 0 Å². The number of halogens is 2. The number of piperidine rings is 1. The topological polar surface area (TPSA) is 54.0 Å². The Bertz CT molecular complexity index is 1200. The Balaban J connectivity index is 1.62. The lowest BCUT2D eigenvalue weighted by Gasteiger charge is -2.35. The molecule has 2 N–H and O–H groups in total. The molecule has 2 atom stereocenters. The van der Waals surface area contributed by atoms with Crippen LogP contribution in [0.1, 0.15) is 66.8 Å². The molecule has 4 nitrogen and oxygen atoms in total. The first kappa shape index (κ1) is 25.0. The van der Waals surface area contributed by atoms with Crippen LogP contribution in [0.2, 0.25) is 0 Å². The molecule has 1 saturated heterocycles. The molecule has 4 rings (SSSR count). The summed E-state index contributed by atoms with van der Waals surface area (Å²) in [5, 5.41) is 6.58. The van der Waals surface area contributed by atoms with Crippen molar-refractivity contribution in [3.63, 3.8) is 0 Å². The van der Waals surface area contributed by atoms with E-state index in [0.29, 0.717) is 23.2 Å². The van der Waals surface area contributed by atoms with Crippen LogP contribution in [0, 0.1) is 24.0 Å². The van der Waals surface area contributed by atoms with Gasteiger partial charge in [0.15, 0.2) is 0 Å². The second kappa shape index (κ2) is 10.2. The van der Waals surface area contributed by atoms with Crippen LogP contribution in [0.25, 0.3) is 11.3 Å². The molecule has 0 radical (unpaired) electrons. The van der Waals surface area contributed by atoms with Crippen molar-refractivity contribution in [1.29, 1.82) is 0 Å². The molecule has 2 unspecified atom stereocenters. The first-order valence-corrected chi connectivity index (χ1v) is 12.2. The number of rotatable bonds is 6. The summed E-state index contributed by atoms with van der Waals surface area (Å²) in [4.78, 5) is 18.0. The molecule has 1 aliphatic rings. The highest BCUT2D eigenvalue weighted by molar-refractivity contribution is 5.95. The molecule has 1 aliphatic heterocycles. The van der Waals surface area contributed by atoms with Crippen LogP contribution < -0.4 is 10.6 Å². The molecule has 1 amide bonds. The molecule has 1 aromatic heterocycles. The van der Waals surface area contributed by atoms with Gasteiger partial charge in [-0.3, -0.25) is 9.78 Å². The normalized spacial score (nSPS) is 18.2. The molecular weight excluding hydrogens is 444 g/mol. The van der Waals surface area contributed by atoms with Gasteiger partial charge in [-0.1, -0.05) is 32.0 Å². The van der Waals surface area contributed by atoms with Gasteiger partial charge in [-0.25, -0.2) is 8.78 Å². The maximum Gasteiger partial charge on any atom is 0.251 e. The fourth-order valence-corrected chi connectivity index (χ4v) is 4.51. The van der Waals surface area contributed by atoms with E-state index < -0.39 is 0 Å². The number of benzene rings is 2. The van der Waals surface area contributed by atoms with Crippen molar-refractivity contribution in [2.75, 3.05) is 6.54 Å². The van der Waals surface area contributed by atoms with Crippen molar-refractivity contribution in [3.8, 4) is 11.3 Å². The highest BCUT2D eigenvalue weighted by atomic mass is 19.1. The first-order chi connectivity index (χ1) is 16.6. The van der Waals surface area contributed by atoms with Gasteiger partial charge in [-0.2, -0.15) is 0 Å². The van der Waals surface area contributed by atoms with Gasteiger partial charge in [0.05, 0.1) is 11.7 Å². The predicted octanol–water partition coefficient (Wildman–Crippen LogP) is 6.15. The third-order valence-corrected chi connectivity index (χ3v) is 6.75. The molecule has 0 spiro atoms. The molecular formula is C29H33F2N3O. The monoisotopic (exact) mass is 477 g/mol. The summed E-state index contributed by atoms with van der Waals surface area (Å²) in [6, 6.07) is 14.5. The maximum atomic E-state index is 14.8. The number of hydrogen-bond acceptors (Lipinski definition) is 3. The van der Waals surface area contributed by atoms with E-state index in [-0.39, 0.29) is 35.0 Å². The number of carbonyl (C=O) groups is 1. The van der Waals surface area contributed by atoms with Crippen molar-refractivity contribution < 1.29 is 13.6 Å². The Labute approximate surface area is 206 Å². The largest absolute Gasteiger partial charge is 0.346 e. The summed E-state index contributed by atoms with van der Waals surface area (Å²) in [5.41, 5.74) is 3.87. The van der Waals surface area contributed by atoms with Gasteiger partial charge >= 0.3 is 0 Å². The van der Waals surface area contributed by atoms with Gasteiger partial charge < -0.3 is 10.6 Å². The lowest BCUT2D eigenvalue weighted by Crippen LogP contribution is -2.44. The van der Waals surface area contributed by atoms with Crippen LogP contribution in [0.15, 0.2) is 54.6 Å². The molecule has 1 fully saturated rings. The molecule has 0 saturated carbocycles. The fraction of sp³-hybridized carbons (Fsp3) is 0.379. The minimum absolute atomic E-state index is 0.252. The van der Waals surface area contributed by atoms with E-state index >= 15 is 0 Å². The highest BCUT2D eigenvalue weighted by Gasteiger charge is 2.27. The molecule has 2 heterocycles. The van der Waals surface area contributed by atoms with E-state index in [1.165, 1.54) is 18.2 Å². The zero-order chi connectivity index (χ0) is 25.2. The Kier molecular flexibility index (Phi) is 7.31. The SMILES string of the molecule is Cc1ccc(-c2cc(C(=O)NC(C)c3ccc(F)cc3)cc(CC3CCC(C)(C)CN3)n2)c(F)c1. The van der Waals surface area contributed by atoms with Gasteiger partial charge in [0.2, 0.25) is 0 Å². The van der Waals surface area contributed by atoms with Crippen LogP contribution in [-0.2, 0) is 6.42 Å². The fourth-order valence-electron chi connectivity index (χ4n) is 4.51. The van der Waals surface area contributed by atoms with Gasteiger partial charge in [0, 0.05) is 35.8 Å². The summed E-state index contributed by atoms with van der Waals surface area (Å²) < 4.78 is 28.1. The Morgan fingerprint density at radius 2 is 1.89 bits per heavy atom. The summed E-state index contributed by atoms with van der Waals surface area (Å²) in [5.74, 6) is -0.967. The van der Waals surface area contributed by atoms with E-state index in [1.807, 2.05) is 19.9 Å². The molecule has 3 aromatic rings. The van der Waals surface area contributed by atoms with Crippen molar-refractivity contribution in [3.05, 3.63) is 88.6 Å². The predicted molar refractivity (Wildman–Crippen MR) is 135 cm³/mol. The smallest absolute Gasteiger partial charge is 0.251 e. The van der Waals surface area contributed by atoms with Crippen molar-refractivity contribution in [2.24, 2.45) is 5.41 Å². The van der Waals surface area contributed by atoms with E-state index in [2.05, 4.69) is 24.5 Å². The molecule has 0 bridgehead atoms. The standard InChI is InChI=1S/C29H33F2N3O/c1-18-5-10-25(26(31)13-18)27-15-21(28(35)33-19(2)20-6-8-22(30)9-7-20)14-24(34-27)16-23-11-12-29(3,4)17-32-23/h5-10,13-15,19,23,32H,11-12,16-17H2,1-4H3,(H,33,35). The molecule has 6 heteroatoms. The summed E-state index contributed by atoms with van der Waals surface area (Å²) in [6.07, 6.45) is 2.78. The van der Waals surface area contributed by atoms with Gasteiger partial charge in [0.25, 0.3) is 5.91 Å². The van der Waals surface area contributed by atoms with Gasteiger partial charge in [-0.15, -0.1) is 0 Å². The van der Waals surface area contributed by atoms with Gasteiger partial charge in [-0.05, 0) is 79.6 Å². The third kappa shape index (κ3) is 6.31. The first-order valence-electron chi connectivity index (χ1n) is 12.2. The van der Waals surface area contributed by atoms with Crippen molar-refractivity contribution >= 4 is 5.91 Å². The molecule has 0 aliphatic carbocycles. The van der Waals surface area contributed by atoms with E-state index in [9.17, 15) is 13.6 Å². The Morgan fingerprint density at radius 1 is 1.14 bits per heavy atom. The summed E-state index contributed by atoms with van der Waals surface area (Å²) >= 11 is 0. The second-order valence-corrected chi connectivity index (χ2v) is 10.4. The second-order valence-electron chi connectivity index (χ2n) is 10.4. The number of pyridine rings is 1. The quantitative estimate of drug-likeness (QED) is 0.448. The maximum absolute atomic E-state index is 14.8. The molecule has 2 aromatic carbocycles. The minimum Gasteiger partial charge on any atom is -0.346 e. The van der Waals surface area contributed by atoms with Crippen LogP contribution in [-0.4, -0.2) is 23.5 Å². The van der Waals surface area contributed by atoms with E-state index in [0.717, 1.165) is 36.2 Å². The average Bonchev–Trinajstić information content (AvgIpc) is 2.80. The van der Waals surface area contributed by atoms with Crippen LogP contribution in [0.5, 0.6) is 0 Å². The number of aromatic nitrogens is 1. The highest BCUT2D eigenvalue weighted by Crippen LogP contribution is 2.29. The Morgan fingerprint density at radius 3 is 2.54 bits per heavy atom. The van der Waals surface area contributed by atoms with Crippen molar-refractivity contribution in [1.82, 2.24) is 15.6 Å². The molecule has 35 heavy (non-hydrogen) atoms. The lowest BCUT2D eigenvalue weighted by atomic mass is 9.81. The number of hydrogen-bond donors (Lipinski definition) is 2. The van der Waals surface area contributed by atoms with E-state index in [4.69, 9.17) is 4.98 Å². The molecule has 184 valence electrons. The van der Waals surface area contributed by atoms with Crippen molar-refractivity contribution in [2.45, 2.75) is 59.0 Å².